The highest BCUT2D eigenvalue weighted by molar-refractivity contribution is 7.80. The van der Waals surface area contributed by atoms with E-state index < -0.39 is 0 Å². The second-order valence-corrected chi connectivity index (χ2v) is 15.9. The van der Waals surface area contributed by atoms with E-state index in [-0.39, 0.29) is 0 Å². The summed E-state index contributed by atoms with van der Waals surface area (Å²) in [5.74, 6) is 2.29. The van der Waals surface area contributed by atoms with Crippen LogP contribution >= 0.6 is 12.6 Å². The number of rotatable bonds is 7. The number of hydrogen-bond donors (Lipinski definition) is 1. The summed E-state index contributed by atoms with van der Waals surface area (Å²) in [7, 11) is 0. The number of furan rings is 1. The molecule has 7 nitrogen and oxygen atoms in total. The van der Waals surface area contributed by atoms with E-state index in [9.17, 15) is 0 Å². The predicted molar refractivity (Wildman–Crippen MR) is 257 cm³/mol. The topological polar surface area (TPSA) is 82.5 Å². The van der Waals surface area contributed by atoms with Crippen LogP contribution in [0.1, 0.15) is 0 Å². The van der Waals surface area contributed by atoms with Crippen molar-refractivity contribution >= 4 is 56.5 Å². The summed E-state index contributed by atoms with van der Waals surface area (Å²) in [6, 6.07) is 68.1. The lowest BCUT2D eigenvalue weighted by Gasteiger charge is -2.13. The Labute approximate surface area is 367 Å². The molecule has 4 aromatic heterocycles. The second-order valence-electron chi connectivity index (χ2n) is 15.4. The quantitative estimate of drug-likeness (QED) is 0.161. The molecule has 4 heterocycles. The lowest BCUT2D eigenvalue weighted by molar-refractivity contribution is 0.667. The zero-order chi connectivity index (χ0) is 41.9. The van der Waals surface area contributed by atoms with E-state index in [1.165, 1.54) is 0 Å². The molecule has 0 unspecified atom stereocenters. The van der Waals surface area contributed by atoms with Crippen molar-refractivity contribution in [2.75, 3.05) is 0 Å². The molecule has 0 aliphatic carbocycles. The van der Waals surface area contributed by atoms with Gasteiger partial charge in [0.1, 0.15) is 16.8 Å². The summed E-state index contributed by atoms with van der Waals surface area (Å²) in [6.45, 7) is 0. The first-order valence-corrected chi connectivity index (χ1v) is 21.2. The summed E-state index contributed by atoms with van der Waals surface area (Å²) >= 11 is 4.96. The average molecular weight is 827 g/mol. The Balaban J connectivity index is 0.981. The number of nitrogens with zero attached hydrogens (tertiary/aromatic N) is 6. The maximum atomic E-state index is 6.34. The molecular formula is C55H34N6OS. The van der Waals surface area contributed by atoms with Crippen LogP contribution in [0.3, 0.4) is 0 Å². The van der Waals surface area contributed by atoms with Gasteiger partial charge in [0, 0.05) is 43.3 Å². The summed E-state index contributed by atoms with van der Waals surface area (Å²) < 4.78 is 8.50. The Kier molecular flexibility index (Phi) is 8.76. The Hall–Kier alpha value is -8.20. The number of para-hydroxylation sites is 2. The van der Waals surface area contributed by atoms with Crippen molar-refractivity contribution in [3.8, 4) is 73.6 Å². The van der Waals surface area contributed by atoms with Gasteiger partial charge >= 0.3 is 0 Å². The van der Waals surface area contributed by atoms with E-state index >= 15 is 0 Å². The summed E-state index contributed by atoms with van der Waals surface area (Å²) in [5.41, 5.74) is 12.8. The van der Waals surface area contributed by atoms with Gasteiger partial charge in [-0.05, 0) is 58.7 Å². The fourth-order valence-electron chi connectivity index (χ4n) is 8.52. The number of thiol groups is 1. The van der Waals surface area contributed by atoms with Gasteiger partial charge in [-0.15, -0.1) is 12.6 Å². The van der Waals surface area contributed by atoms with Crippen molar-refractivity contribution < 1.29 is 4.42 Å². The molecule has 8 aromatic carbocycles. The standard InChI is InChI=1S/C55H34N6OS/c63-48-31-29-40(32-44(48)35-24-26-38(27-25-35)52-56-49(36-16-6-2-7-17-36)51-50(57-52)43-21-11-13-23-47(43)62-51)54-58-53(37-18-8-3-9-19-37)59-55(60-54)61-45-22-12-10-20-41(45)42-30-28-39(33-46(42)61)34-14-4-1-5-15-34/h1-33,63H. The molecule has 0 spiro atoms. The summed E-state index contributed by atoms with van der Waals surface area (Å²) in [4.78, 5) is 26.5. The molecule has 0 saturated heterocycles. The SMILES string of the molecule is Sc1ccc(-c2nc(-c3ccccc3)nc(-n3c4ccccc4c4ccc(-c5ccccc5)cc43)n2)cc1-c1ccc(-c2nc(-c3ccccc3)c3oc4ccccc4c3n2)cc1. The summed E-state index contributed by atoms with van der Waals surface area (Å²) in [6.07, 6.45) is 0. The average Bonchev–Trinajstić information content (AvgIpc) is 3.90. The van der Waals surface area contributed by atoms with Crippen LogP contribution in [0.2, 0.25) is 0 Å². The first kappa shape index (κ1) is 36.6. The zero-order valence-electron chi connectivity index (χ0n) is 33.6. The fourth-order valence-corrected chi connectivity index (χ4v) is 8.79. The highest BCUT2D eigenvalue weighted by Gasteiger charge is 2.21. The van der Waals surface area contributed by atoms with Crippen LogP contribution in [0.5, 0.6) is 0 Å². The zero-order valence-corrected chi connectivity index (χ0v) is 34.5. The molecule has 12 rings (SSSR count). The first-order valence-electron chi connectivity index (χ1n) is 20.7. The molecule has 12 aromatic rings. The molecule has 8 heteroatoms. The van der Waals surface area contributed by atoms with Gasteiger partial charge in [-0.3, -0.25) is 4.57 Å². The van der Waals surface area contributed by atoms with E-state index in [1.54, 1.807) is 0 Å². The Bertz CT molecular complexity index is 3680. The van der Waals surface area contributed by atoms with Gasteiger partial charge in [-0.25, -0.2) is 15.0 Å². The lowest BCUT2D eigenvalue weighted by atomic mass is 10.0. The number of aromatic nitrogens is 6. The number of fused-ring (bicyclic) bond motifs is 6. The van der Waals surface area contributed by atoms with Crippen LogP contribution in [0.25, 0.3) is 117 Å². The molecule has 0 aliphatic heterocycles. The molecule has 0 atom stereocenters. The van der Waals surface area contributed by atoms with Crippen molar-refractivity contribution in [3.05, 3.63) is 200 Å². The molecule has 0 N–H and O–H groups in total. The minimum Gasteiger partial charge on any atom is -0.452 e. The van der Waals surface area contributed by atoms with Crippen molar-refractivity contribution in [1.82, 2.24) is 29.5 Å². The predicted octanol–water partition coefficient (Wildman–Crippen LogP) is 13.9. The van der Waals surface area contributed by atoms with Crippen LogP contribution < -0.4 is 0 Å². The van der Waals surface area contributed by atoms with Gasteiger partial charge in [-0.2, -0.15) is 9.97 Å². The molecule has 0 saturated carbocycles. The van der Waals surface area contributed by atoms with E-state index in [1.807, 2.05) is 103 Å². The van der Waals surface area contributed by atoms with E-state index in [0.717, 1.165) is 93.4 Å². The van der Waals surface area contributed by atoms with E-state index in [2.05, 4.69) is 102 Å². The molecule has 0 aliphatic rings. The second kappa shape index (κ2) is 15.1. The lowest BCUT2D eigenvalue weighted by Crippen LogP contribution is -2.06. The van der Waals surface area contributed by atoms with Gasteiger partial charge in [-0.1, -0.05) is 164 Å². The monoisotopic (exact) mass is 826 g/mol. The van der Waals surface area contributed by atoms with Gasteiger partial charge < -0.3 is 4.42 Å². The molecule has 0 amide bonds. The molecule has 296 valence electrons. The third-order valence-corrected chi connectivity index (χ3v) is 12.0. The number of benzene rings is 8. The van der Waals surface area contributed by atoms with Crippen molar-refractivity contribution in [2.24, 2.45) is 0 Å². The highest BCUT2D eigenvalue weighted by atomic mass is 32.1. The van der Waals surface area contributed by atoms with Crippen molar-refractivity contribution in [2.45, 2.75) is 4.90 Å². The molecular weight excluding hydrogens is 793 g/mol. The Morgan fingerprint density at radius 2 is 0.937 bits per heavy atom. The van der Waals surface area contributed by atoms with Crippen LogP contribution in [0.15, 0.2) is 210 Å². The van der Waals surface area contributed by atoms with E-state index in [4.69, 9.17) is 42.0 Å². The van der Waals surface area contributed by atoms with Crippen LogP contribution in [0, 0.1) is 0 Å². The number of hydrogen-bond acceptors (Lipinski definition) is 7. The minimum absolute atomic E-state index is 0.536. The van der Waals surface area contributed by atoms with Crippen LogP contribution in [-0.4, -0.2) is 29.5 Å². The minimum atomic E-state index is 0.536. The Morgan fingerprint density at radius 3 is 1.70 bits per heavy atom. The van der Waals surface area contributed by atoms with Crippen molar-refractivity contribution in [1.29, 1.82) is 0 Å². The van der Waals surface area contributed by atoms with E-state index in [0.29, 0.717) is 29.0 Å². The van der Waals surface area contributed by atoms with Crippen LogP contribution in [-0.2, 0) is 0 Å². The Morgan fingerprint density at radius 1 is 0.381 bits per heavy atom. The van der Waals surface area contributed by atoms with Crippen LogP contribution in [0.4, 0.5) is 0 Å². The normalized spacial score (nSPS) is 11.6. The third kappa shape index (κ3) is 6.43. The van der Waals surface area contributed by atoms with Gasteiger partial charge in [0.15, 0.2) is 23.1 Å². The molecule has 0 bridgehead atoms. The maximum Gasteiger partial charge on any atom is 0.238 e. The van der Waals surface area contributed by atoms with Gasteiger partial charge in [0.25, 0.3) is 0 Å². The molecule has 0 fully saturated rings. The summed E-state index contributed by atoms with van der Waals surface area (Å²) in [5, 5.41) is 3.20. The first-order chi connectivity index (χ1) is 31.1. The third-order valence-electron chi connectivity index (χ3n) is 11.6. The largest absolute Gasteiger partial charge is 0.452 e. The molecule has 63 heavy (non-hydrogen) atoms. The fraction of sp³-hybridized carbons (Fsp3) is 0. The maximum absolute atomic E-state index is 6.34. The van der Waals surface area contributed by atoms with Gasteiger partial charge in [0.05, 0.1) is 11.0 Å². The molecule has 0 radical (unpaired) electrons. The van der Waals surface area contributed by atoms with Crippen molar-refractivity contribution in [3.63, 3.8) is 0 Å². The van der Waals surface area contributed by atoms with Gasteiger partial charge in [0.2, 0.25) is 5.95 Å². The highest BCUT2D eigenvalue weighted by Crippen LogP contribution is 2.38. The smallest absolute Gasteiger partial charge is 0.238 e.